The minimum absolute atomic E-state index is 0.0142. The monoisotopic (exact) mass is 479 g/mol. The van der Waals surface area contributed by atoms with E-state index >= 15 is 0 Å². The van der Waals surface area contributed by atoms with Gasteiger partial charge in [-0.05, 0) is 36.6 Å². The number of nitrogens with one attached hydrogen (secondary N) is 1. The Morgan fingerprint density at radius 1 is 0.944 bits per heavy atom. The number of carbonyl (C=O) groups is 2. The minimum Gasteiger partial charge on any atom is -0.494 e. The molecule has 1 saturated heterocycles. The first-order chi connectivity index (χ1) is 17.7. The van der Waals surface area contributed by atoms with Crippen molar-refractivity contribution in [1.82, 2.24) is 14.8 Å². The van der Waals surface area contributed by atoms with E-state index in [9.17, 15) is 9.59 Å². The number of amides is 2. The lowest BCUT2D eigenvalue weighted by atomic mass is 9.86. The van der Waals surface area contributed by atoms with E-state index in [0.717, 1.165) is 45.5 Å². The summed E-state index contributed by atoms with van der Waals surface area (Å²) in [5.74, 6) is 0.718. The van der Waals surface area contributed by atoms with Gasteiger partial charge in [0.25, 0.3) is 0 Å². The highest BCUT2D eigenvalue weighted by molar-refractivity contribution is 5.97. The Hall–Kier alpha value is -4.06. The largest absolute Gasteiger partial charge is 0.494 e. The molecule has 6 heteroatoms. The molecule has 3 aromatic carbocycles. The van der Waals surface area contributed by atoms with E-state index in [1.54, 1.807) is 9.80 Å². The zero-order valence-corrected chi connectivity index (χ0v) is 20.3. The summed E-state index contributed by atoms with van der Waals surface area (Å²) in [5, 5.41) is 1.10. The number of para-hydroxylation sites is 2. The fourth-order valence-corrected chi connectivity index (χ4v) is 5.74. The number of ether oxygens (including phenoxy) is 1. The van der Waals surface area contributed by atoms with Gasteiger partial charge in [0, 0.05) is 35.1 Å². The van der Waals surface area contributed by atoms with Crippen LogP contribution in [0.25, 0.3) is 10.9 Å². The van der Waals surface area contributed by atoms with E-state index < -0.39 is 12.1 Å². The Balaban J connectivity index is 1.43. The third-order valence-corrected chi connectivity index (χ3v) is 7.37. The first-order valence-electron chi connectivity index (χ1n) is 12.6. The standard InChI is InChI=1S/C30H29N3O3/c1-2-36-26-15-9-7-13-22(26)29-28-23(21-12-6-8-14-24(21)31-28)18-25-30(35)32(19-27(34)33(25)29)17-16-20-10-4-3-5-11-20/h3-15,25,29,31H,2,16-19H2,1H3. The van der Waals surface area contributed by atoms with Gasteiger partial charge >= 0.3 is 0 Å². The Kier molecular flexibility index (Phi) is 5.72. The molecule has 1 fully saturated rings. The molecule has 3 heterocycles. The highest BCUT2D eigenvalue weighted by Gasteiger charge is 2.48. The van der Waals surface area contributed by atoms with Crippen molar-refractivity contribution in [3.05, 3.63) is 101 Å². The van der Waals surface area contributed by atoms with E-state index in [1.807, 2.05) is 67.6 Å². The van der Waals surface area contributed by atoms with Gasteiger partial charge in [-0.25, -0.2) is 0 Å². The van der Waals surface area contributed by atoms with Crippen molar-refractivity contribution < 1.29 is 14.3 Å². The SMILES string of the molecule is CCOc1ccccc1C1c2[nH]c3ccccc3c2CC2C(=O)N(CCc3ccccc3)CC(=O)N21. The molecule has 1 aromatic heterocycles. The minimum atomic E-state index is -0.548. The molecule has 2 atom stereocenters. The first kappa shape index (κ1) is 22.4. The molecule has 2 aliphatic rings. The van der Waals surface area contributed by atoms with Gasteiger partial charge in [-0.15, -0.1) is 0 Å². The van der Waals surface area contributed by atoms with Crippen molar-refractivity contribution in [3.8, 4) is 5.75 Å². The maximum Gasteiger partial charge on any atom is 0.246 e. The third-order valence-electron chi connectivity index (χ3n) is 7.37. The second-order valence-corrected chi connectivity index (χ2v) is 9.45. The molecule has 0 bridgehead atoms. The first-order valence-corrected chi connectivity index (χ1v) is 12.6. The van der Waals surface area contributed by atoms with Gasteiger partial charge in [-0.1, -0.05) is 66.7 Å². The Bertz CT molecular complexity index is 1430. The number of nitrogens with zero attached hydrogens (tertiary/aromatic N) is 2. The number of hydrogen-bond donors (Lipinski definition) is 1. The van der Waals surface area contributed by atoms with Crippen LogP contribution in [0.1, 0.15) is 35.3 Å². The van der Waals surface area contributed by atoms with Gasteiger partial charge in [0.05, 0.1) is 13.2 Å². The number of aromatic nitrogens is 1. The zero-order chi connectivity index (χ0) is 24.6. The van der Waals surface area contributed by atoms with E-state index in [-0.39, 0.29) is 18.4 Å². The summed E-state index contributed by atoms with van der Waals surface area (Å²) in [6.07, 6.45) is 1.22. The van der Waals surface area contributed by atoms with Crippen LogP contribution in [0, 0.1) is 0 Å². The van der Waals surface area contributed by atoms with Crippen LogP contribution in [0.3, 0.4) is 0 Å². The van der Waals surface area contributed by atoms with Gasteiger partial charge in [0.2, 0.25) is 11.8 Å². The molecule has 6 rings (SSSR count). The summed E-state index contributed by atoms with van der Waals surface area (Å²) in [6, 6.07) is 25.1. The van der Waals surface area contributed by atoms with Crippen molar-refractivity contribution in [3.63, 3.8) is 0 Å². The predicted molar refractivity (Wildman–Crippen MR) is 139 cm³/mol. The topological polar surface area (TPSA) is 65.6 Å². The molecule has 2 unspecified atom stereocenters. The van der Waals surface area contributed by atoms with Crippen LogP contribution in [0.4, 0.5) is 0 Å². The molecular formula is C30H29N3O3. The Morgan fingerprint density at radius 2 is 1.69 bits per heavy atom. The number of hydrogen-bond acceptors (Lipinski definition) is 3. The van der Waals surface area contributed by atoms with Crippen LogP contribution in [-0.2, 0) is 22.4 Å². The van der Waals surface area contributed by atoms with Crippen molar-refractivity contribution in [2.24, 2.45) is 0 Å². The summed E-state index contributed by atoms with van der Waals surface area (Å²) in [4.78, 5) is 34.7. The molecular weight excluding hydrogens is 450 g/mol. The number of benzene rings is 3. The summed E-state index contributed by atoms with van der Waals surface area (Å²) in [6.45, 7) is 3.09. The van der Waals surface area contributed by atoms with Crippen LogP contribution >= 0.6 is 0 Å². The second kappa shape index (κ2) is 9.19. The molecule has 0 saturated carbocycles. The maximum atomic E-state index is 13.9. The van der Waals surface area contributed by atoms with E-state index in [1.165, 1.54) is 0 Å². The number of rotatable bonds is 6. The molecule has 36 heavy (non-hydrogen) atoms. The van der Waals surface area contributed by atoms with Crippen molar-refractivity contribution in [2.75, 3.05) is 19.7 Å². The number of piperazine rings is 1. The fourth-order valence-electron chi connectivity index (χ4n) is 5.74. The normalized spacial score (nSPS) is 19.4. The molecule has 4 aromatic rings. The zero-order valence-electron chi connectivity index (χ0n) is 20.3. The summed E-state index contributed by atoms with van der Waals surface area (Å²) in [7, 11) is 0. The average molecular weight is 480 g/mol. The molecule has 2 amide bonds. The van der Waals surface area contributed by atoms with Gasteiger partial charge in [-0.2, -0.15) is 0 Å². The quantitative estimate of drug-likeness (QED) is 0.443. The molecule has 2 aliphatic heterocycles. The third kappa shape index (κ3) is 3.73. The molecule has 0 aliphatic carbocycles. The maximum absolute atomic E-state index is 13.9. The van der Waals surface area contributed by atoms with E-state index in [4.69, 9.17) is 4.74 Å². The smallest absolute Gasteiger partial charge is 0.246 e. The van der Waals surface area contributed by atoms with Crippen molar-refractivity contribution in [2.45, 2.75) is 31.8 Å². The van der Waals surface area contributed by atoms with Gasteiger partial charge < -0.3 is 19.5 Å². The molecule has 0 spiro atoms. The molecule has 1 N–H and O–H groups in total. The van der Waals surface area contributed by atoms with Crippen LogP contribution in [0.2, 0.25) is 0 Å². The predicted octanol–water partition coefficient (Wildman–Crippen LogP) is 4.49. The van der Waals surface area contributed by atoms with E-state index in [0.29, 0.717) is 19.6 Å². The van der Waals surface area contributed by atoms with Crippen LogP contribution in [-0.4, -0.2) is 52.3 Å². The van der Waals surface area contributed by atoms with Crippen molar-refractivity contribution >= 4 is 22.7 Å². The number of H-pyrrole nitrogens is 1. The average Bonchev–Trinajstić information content (AvgIpc) is 3.28. The van der Waals surface area contributed by atoms with Crippen LogP contribution in [0.15, 0.2) is 78.9 Å². The highest BCUT2D eigenvalue weighted by Crippen LogP contribution is 2.44. The van der Waals surface area contributed by atoms with E-state index in [2.05, 4.69) is 23.2 Å². The van der Waals surface area contributed by atoms with Crippen LogP contribution < -0.4 is 4.74 Å². The number of carbonyl (C=O) groups excluding carboxylic acids is 2. The van der Waals surface area contributed by atoms with Gasteiger partial charge in [0.15, 0.2) is 0 Å². The molecule has 182 valence electrons. The summed E-state index contributed by atoms with van der Waals surface area (Å²) < 4.78 is 5.98. The number of fused-ring (bicyclic) bond motifs is 4. The Labute approximate surface area is 210 Å². The molecule has 0 radical (unpaired) electrons. The lowest BCUT2D eigenvalue weighted by Gasteiger charge is -2.47. The lowest BCUT2D eigenvalue weighted by molar-refractivity contribution is -0.158. The van der Waals surface area contributed by atoms with Crippen molar-refractivity contribution in [1.29, 1.82) is 0 Å². The second-order valence-electron chi connectivity index (χ2n) is 9.45. The summed E-state index contributed by atoms with van der Waals surface area (Å²) in [5.41, 5.74) is 5.15. The van der Waals surface area contributed by atoms with Crippen LogP contribution in [0.5, 0.6) is 5.75 Å². The highest BCUT2D eigenvalue weighted by atomic mass is 16.5. The summed E-state index contributed by atoms with van der Waals surface area (Å²) >= 11 is 0. The Morgan fingerprint density at radius 3 is 2.53 bits per heavy atom. The fraction of sp³-hybridized carbons (Fsp3) is 0.267. The van der Waals surface area contributed by atoms with Gasteiger partial charge in [0.1, 0.15) is 17.8 Å². The lowest BCUT2D eigenvalue weighted by Crippen LogP contribution is -2.63. The number of aromatic amines is 1. The van der Waals surface area contributed by atoms with Gasteiger partial charge in [-0.3, -0.25) is 9.59 Å². The molecule has 6 nitrogen and oxygen atoms in total.